The minimum atomic E-state index is -0.318. The average molecular weight is 272 g/mol. The van der Waals surface area contributed by atoms with Crippen LogP contribution in [0.1, 0.15) is 24.2 Å². The lowest BCUT2D eigenvalue weighted by Gasteiger charge is -2.21. The number of carbonyl (C=O) groups is 2. The predicted molar refractivity (Wildman–Crippen MR) is 72.9 cm³/mol. The van der Waals surface area contributed by atoms with Crippen molar-refractivity contribution in [1.29, 1.82) is 0 Å². The number of nitrogens with one attached hydrogen (secondary N) is 2. The predicted octanol–water partition coefficient (Wildman–Crippen LogP) is 0.538. The van der Waals surface area contributed by atoms with Crippen LogP contribution in [0.3, 0.4) is 0 Å². The molecular weight excluding hydrogens is 256 g/mol. The zero-order valence-electron chi connectivity index (χ0n) is 11.2. The zero-order valence-corrected chi connectivity index (χ0v) is 11.2. The first-order chi connectivity index (χ1) is 9.65. The maximum atomic E-state index is 11.7. The average Bonchev–Trinajstić information content (AvgIpc) is 2.74. The number of hydrogen-bond acceptors (Lipinski definition) is 4. The summed E-state index contributed by atoms with van der Waals surface area (Å²) >= 11 is 0. The van der Waals surface area contributed by atoms with E-state index in [1.165, 1.54) is 0 Å². The van der Waals surface area contributed by atoms with E-state index in [4.69, 9.17) is 0 Å². The summed E-state index contributed by atoms with van der Waals surface area (Å²) in [5.74, 6) is -0.438. The normalized spacial score (nSPS) is 19.4. The lowest BCUT2D eigenvalue weighted by Crippen LogP contribution is -2.50. The molecule has 1 unspecified atom stereocenters. The van der Waals surface area contributed by atoms with Crippen LogP contribution >= 0.6 is 0 Å². The van der Waals surface area contributed by atoms with Crippen LogP contribution in [0.15, 0.2) is 24.4 Å². The Kier molecular flexibility index (Phi) is 3.23. The van der Waals surface area contributed by atoms with Crippen LogP contribution in [0.5, 0.6) is 0 Å². The quantitative estimate of drug-likeness (QED) is 0.800. The molecule has 0 spiro atoms. The van der Waals surface area contributed by atoms with Gasteiger partial charge in [-0.1, -0.05) is 6.07 Å². The smallest absolute Gasteiger partial charge is 0.243 e. The number of aromatic nitrogens is 2. The van der Waals surface area contributed by atoms with E-state index in [0.29, 0.717) is 19.4 Å². The zero-order chi connectivity index (χ0) is 14.1. The van der Waals surface area contributed by atoms with Gasteiger partial charge in [0.1, 0.15) is 5.65 Å². The van der Waals surface area contributed by atoms with Crippen molar-refractivity contribution in [1.82, 2.24) is 20.0 Å². The van der Waals surface area contributed by atoms with Gasteiger partial charge >= 0.3 is 0 Å². The first-order valence-corrected chi connectivity index (χ1v) is 6.65. The molecule has 1 aliphatic heterocycles. The van der Waals surface area contributed by atoms with Crippen LogP contribution in [0.4, 0.5) is 0 Å². The van der Waals surface area contributed by atoms with Crippen molar-refractivity contribution in [3.63, 3.8) is 0 Å². The minimum Gasteiger partial charge on any atom is -0.302 e. The highest BCUT2D eigenvalue weighted by atomic mass is 16.2. The minimum absolute atomic E-state index is 0.195. The molecule has 2 aromatic rings. The van der Waals surface area contributed by atoms with Crippen molar-refractivity contribution in [3.05, 3.63) is 35.8 Å². The fourth-order valence-corrected chi connectivity index (χ4v) is 2.49. The van der Waals surface area contributed by atoms with Crippen LogP contribution in [-0.2, 0) is 16.1 Å². The molecule has 6 nitrogen and oxygen atoms in total. The summed E-state index contributed by atoms with van der Waals surface area (Å²) in [6, 6.07) is 5.52. The number of imide groups is 1. The second-order valence-corrected chi connectivity index (χ2v) is 4.96. The van der Waals surface area contributed by atoms with Gasteiger partial charge < -0.3 is 9.72 Å². The summed E-state index contributed by atoms with van der Waals surface area (Å²) in [4.78, 5) is 27.3. The number of imidazole rings is 1. The van der Waals surface area contributed by atoms with Crippen LogP contribution in [0.25, 0.3) is 5.65 Å². The van der Waals surface area contributed by atoms with Gasteiger partial charge in [0, 0.05) is 19.2 Å². The Morgan fingerprint density at radius 2 is 2.30 bits per heavy atom. The van der Waals surface area contributed by atoms with Crippen molar-refractivity contribution < 1.29 is 9.59 Å². The molecule has 0 bridgehead atoms. The first kappa shape index (κ1) is 12.8. The van der Waals surface area contributed by atoms with Crippen molar-refractivity contribution in [2.45, 2.75) is 32.4 Å². The molecule has 2 N–H and O–H groups in total. The standard InChI is InChI=1S/C14H16N4O2/c1-9-11(18-7-3-2-4-12(18)16-9)8-15-10-5-6-13(19)17-14(10)20/h2-4,7,10,15H,5-6,8H2,1H3,(H,17,19,20). The Morgan fingerprint density at radius 1 is 1.45 bits per heavy atom. The number of amides is 2. The molecule has 1 saturated heterocycles. The third kappa shape index (κ3) is 2.30. The van der Waals surface area contributed by atoms with E-state index in [9.17, 15) is 9.59 Å². The highest BCUT2D eigenvalue weighted by Crippen LogP contribution is 2.12. The fourth-order valence-electron chi connectivity index (χ4n) is 2.49. The second kappa shape index (κ2) is 5.05. The van der Waals surface area contributed by atoms with Crippen LogP contribution in [0.2, 0.25) is 0 Å². The molecule has 1 fully saturated rings. The number of rotatable bonds is 3. The summed E-state index contributed by atoms with van der Waals surface area (Å²) < 4.78 is 2.01. The van der Waals surface area contributed by atoms with Crippen LogP contribution in [-0.4, -0.2) is 27.2 Å². The molecule has 0 aromatic carbocycles. The summed E-state index contributed by atoms with van der Waals surface area (Å²) in [6.07, 6.45) is 2.88. The summed E-state index contributed by atoms with van der Waals surface area (Å²) in [6.45, 7) is 2.50. The van der Waals surface area contributed by atoms with Gasteiger partial charge in [-0.05, 0) is 25.5 Å². The number of carbonyl (C=O) groups excluding carboxylic acids is 2. The van der Waals surface area contributed by atoms with Gasteiger partial charge in [-0.2, -0.15) is 0 Å². The van der Waals surface area contributed by atoms with E-state index in [0.717, 1.165) is 17.0 Å². The maximum Gasteiger partial charge on any atom is 0.243 e. The second-order valence-electron chi connectivity index (χ2n) is 4.96. The SMILES string of the molecule is Cc1nc2ccccn2c1CNC1CCC(=O)NC1=O. The molecule has 0 aliphatic carbocycles. The van der Waals surface area contributed by atoms with Crippen molar-refractivity contribution in [2.75, 3.05) is 0 Å². The lowest BCUT2D eigenvalue weighted by molar-refractivity contribution is -0.134. The van der Waals surface area contributed by atoms with Gasteiger partial charge in [0.25, 0.3) is 0 Å². The Morgan fingerprint density at radius 3 is 3.10 bits per heavy atom. The van der Waals surface area contributed by atoms with E-state index >= 15 is 0 Å². The topological polar surface area (TPSA) is 75.5 Å². The molecule has 3 heterocycles. The Balaban J connectivity index is 1.75. The van der Waals surface area contributed by atoms with Gasteiger partial charge in [0.2, 0.25) is 11.8 Å². The number of aryl methyl sites for hydroxylation is 1. The van der Waals surface area contributed by atoms with Crippen LogP contribution < -0.4 is 10.6 Å². The van der Waals surface area contributed by atoms with E-state index < -0.39 is 0 Å². The third-order valence-corrected chi connectivity index (χ3v) is 3.58. The lowest BCUT2D eigenvalue weighted by atomic mass is 10.1. The van der Waals surface area contributed by atoms with Gasteiger partial charge in [0.15, 0.2) is 0 Å². The maximum absolute atomic E-state index is 11.7. The van der Waals surface area contributed by atoms with E-state index in [1.54, 1.807) is 0 Å². The molecule has 2 amide bonds. The summed E-state index contributed by atoms with van der Waals surface area (Å²) in [7, 11) is 0. The molecule has 1 atom stereocenters. The van der Waals surface area contributed by atoms with Gasteiger partial charge in [-0.15, -0.1) is 0 Å². The van der Waals surface area contributed by atoms with Crippen molar-refractivity contribution in [2.24, 2.45) is 0 Å². The molecule has 1 aliphatic rings. The van der Waals surface area contributed by atoms with Gasteiger partial charge in [0.05, 0.1) is 17.4 Å². The Hall–Kier alpha value is -2.21. The molecule has 20 heavy (non-hydrogen) atoms. The molecule has 6 heteroatoms. The summed E-state index contributed by atoms with van der Waals surface area (Å²) in [5.41, 5.74) is 2.87. The largest absolute Gasteiger partial charge is 0.302 e. The number of pyridine rings is 1. The number of hydrogen-bond donors (Lipinski definition) is 2. The Labute approximate surface area is 116 Å². The van der Waals surface area contributed by atoms with E-state index in [1.807, 2.05) is 35.7 Å². The fraction of sp³-hybridized carbons (Fsp3) is 0.357. The van der Waals surface area contributed by atoms with E-state index in [-0.39, 0.29) is 17.9 Å². The monoisotopic (exact) mass is 272 g/mol. The molecule has 2 aromatic heterocycles. The molecular formula is C14H16N4O2. The van der Waals surface area contributed by atoms with Crippen molar-refractivity contribution >= 4 is 17.5 Å². The highest BCUT2D eigenvalue weighted by Gasteiger charge is 2.26. The van der Waals surface area contributed by atoms with E-state index in [2.05, 4.69) is 15.6 Å². The highest BCUT2D eigenvalue weighted by molar-refractivity contribution is 6.00. The first-order valence-electron chi connectivity index (χ1n) is 6.65. The number of piperidine rings is 1. The third-order valence-electron chi connectivity index (χ3n) is 3.58. The number of fused-ring (bicyclic) bond motifs is 1. The molecule has 3 rings (SSSR count). The van der Waals surface area contributed by atoms with Crippen molar-refractivity contribution in [3.8, 4) is 0 Å². The Bertz CT molecular complexity index is 677. The molecule has 0 saturated carbocycles. The molecule has 0 radical (unpaired) electrons. The molecule has 104 valence electrons. The van der Waals surface area contributed by atoms with Gasteiger partial charge in [-0.25, -0.2) is 4.98 Å². The summed E-state index contributed by atoms with van der Waals surface area (Å²) in [5, 5.41) is 5.55. The van der Waals surface area contributed by atoms with Gasteiger partial charge in [-0.3, -0.25) is 14.9 Å². The van der Waals surface area contributed by atoms with Crippen LogP contribution in [0, 0.1) is 6.92 Å². The number of nitrogens with zero attached hydrogens (tertiary/aromatic N) is 2.